The van der Waals surface area contributed by atoms with E-state index >= 15 is 0 Å². The number of benzene rings is 1. The van der Waals surface area contributed by atoms with Gasteiger partial charge in [0.1, 0.15) is 0 Å². The first-order chi connectivity index (χ1) is 7.07. The third-order valence-corrected chi connectivity index (χ3v) is 3.69. The Morgan fingerprint density at radius 2 is 2.13 bits per heavy atom. The molecule has 0 aliphatic rings. The van der Waals surface area contributed by atoms with Crippen molar-refractivity contribution in [2.24, 2.45) is 0 Å². The minimum Gasteiger partial charge on any atom is -0.245 e. The maximum atomic E-state index is 11.3. The van der Waals surface area contributed by atoms with Gasteiger partial charge in [0.2, 0.25) is 0 Å². The predicted molar refractivity (Wildman–Crippen MR) is 60.7 cm³/mol. The van der Waals surface area contributed by atoms with Gasteiger partial charge in [0, 0.05) is 17.2 Å². The minimum absolute atomic E-state index is 0.327. The second-order valence-electron chi connectivity index (χ2n) is 3.17. The molecule has 1 aromatic carbocycles. The molecule has 2 rings (SSSR count). The van der Waals surface area contributed by atoms with Crippen LogP contribution in [0.4, 0.5) is 0 Å². The van der Waals surface area contributed by atoms with Crippen LogP contribution in [0.3, 0.4) is 0 Å². The summed E-state index contributed by atoms with van der Waals surface area (Å²) in [4.78, 5) is 4.46. The summed E-state index contributed by atoms with van der Waals surface area (Å²) in [5, 5.41) is 1.89. The Hall–Kier alpha value is -1.20. The van der Waals surface area contributed by atoms with E-state index in [2.05, 4.69) is 4.98 Å². The zero-order valence-corrected chi connectivity index (χ0v) is 9.68. The van der Waals surface area contributed by atoms with Gasteiger partial charge in [-0.15, -0.1) is 11.3 Å². The number of sulfone groups is 1. The van der Waals surface area contributed by atoms with Gasteiger partial charge in [-0.1, -0.05) is 12.1 Å². The van der Waals surface area contributed by atoms with Crippen molar-refractivity contribution in [1.29, 1.82) is 0 Å². The Bertz CT molecular complexity index is 559. The van der Waals surface area contributed by atoms with E-state index in [9.17, 15) is 8.42 Å². The molecule has 0 bridgehead atoms. The van der Waals surface area contributed by atoms with Crippen molar-refractivity contribution in [3.05, 3.63) is 35.2 Å². The highest BCUT2D eigenvalue weighted by atomic mass is 32.2. The average Bonchev–Trinajstić information content (AvgIpc) is 2.69. The fourth-order valence-electron chi connectivity index (χ4n) is 1.24. The fraction of sp³-hybridized carbons (Fsp3) is 0.100. The third kappa shape index (κ3) is 2.24. The molecule has 1 aromatic heterocycles. The molecular weight excluding hydrogens is 230 g/mol. The van der Waals surface area contributed by atoms with Crippen molar-refractivity contribution in [1.82, 2.24) is 4.98 Å². The molecule has 5 heteroatoms. The second kappa shape index (κ2) is 3.75. The van der Waals surface area contributed by atoms with Crippen LogP contribution in [0.15, 0.2) is 40.1 Å². The maximum Gasteiger partial charge on any atom is 0.175 e. The predicted octanol–water partition coefficient (Wildman–Crippen LogP) is 2.21. The van der Waals surface area contributed by atoms with Gasteiger partial charge in [-0.25, -0.2) is 13.4 Å². The maximum absolute atomic E-state index is 11.3. The van der Waals surface area contributed by atoms with Crippen LogP contribution in [0.1, 0.15) is 0 Å². The standard InChI is InChI=1S/C10H9NO2S2/c1-15(12,13)9-4-2-3-8(5-9)10-6-14-7-11-10/h2-7H,1H3. The SMILES string of the molecule is CS(=O)(=O)c1cccc(-c2cscn2)c1. The van der Waals surface area contributed by atoms with Crippen LogP contribution in [0.5, 0.6) is 0 Å². The zero-order chi connectivity index (χ0) is 10.9. The molecule has 0 unspecified atom stereocenters. The molecule has 0 amide bonds. The van der Waals surface area contributed by atoms with Crippen molar-refractivity contribution < 1.29 is 8.42 Å². The summed E-state index contributed by atoms with van der Waals surface area (Å²) in [6.45, 7) is 0. The van der Waals surface area contributed by atoms with E-state index in [0.29, 0.717) is 4.90 Å². The van der Waals surface area contributed by atoms with Crippen LogP contribution in [0, 0.1) is 0 Å². The quantitative estimate of drug-likeness (QED) is 0.807. The van der Waals surface area contributed by atoms with E-state index in [1.807, 2.05) is 11.4 Å². The van der Waals surface area contributed by atoms with Gasteiger partial charge in [-0.2, -0.15) is 0 Å². The van der Waals surface area contributed by atoms with E-state index in [1.54, 1.807) is 23.7 Å². The molecule has 0 atom stereocenters. The highest BCUT2D eigenvalue weighted by Gasteiger charge is 2.08. The molecule has 0 radical (unpaired) electrons. The fourth-order valence-corrected chi connectivity index (χ4v) is 2.47. The van der Waals surface area contributed by atoms with E-state index < -0.39 is 9.84 Å². The average molecular weight is 239 g/mol. The molecule has 0 aliphatic carbocycles. The van der Waals surface area contributed by atoms with Gasteiger partial charge >= 0.3 is 0 Å². The van der Waals surface area contributed by atoms with Gasteiger partial charge in [0.15, 0.2) is 9.84 Å². The van der Waals surface area contributed by atoms with Crippen molar-refractivity contribution in [3.8, 4) is 11.3 Å². The van der Waals surface area contributed by atoms with Gasteiger partial charge in [0.05, 0.1) is 16.1 Å². The minimum atomic E-state index is -3.14. The van der Waals surface area contributed by atoms with Crippen molar-refractivity contribution >= 4 is 21.2 Å². The summed E-state index contributed by atoms with van der Waals surface area (Å²) in [5.74, 6) is 0. The van der Waals surface area contributed by atoms with Crippen LogP contribution in [-0.2, 0) is 9.84 Å². The van der Waals surface area contributed by atoms with Crippen molar-refractivity contribution in [3.63, 3.8) is 0 Å². The molecule has 0 aliphatic heterocycles. The molecule has 78 valence electrons. The smallest absolute Gasteiger partial charge is 0.175 e. The van der Waals surface area contributed by atoms with E-state index in [1.165, 1.54) is 17.6 Å². The van der Waals surface area contributed by atoms with E-state index in [-0.39, 0.29) is 0 Å². The Morgan fingerprint density at radius 3 is 2.73 bits per heavy atom. The highest BCUT2D eigenvalue weighted by molar-refractivity contribution is 7.90. The molecule has 0 saturated carbocycles. The van der Waals surface area contributed by atoms with Gasteiger partial charge in [0.25, 0.3) is 0 Å². The van der Waals surface area contributed by atoms with Crippen molar-refractivity contribution in [2.45, 2.75) is 4.90 Å². The van der Waals surface area contributed by atoms with Crippen molar-refractivity contribution in [2.75, 3.05) is 6.26 Å². The molecule has 0 fully saturated rings. The first-order valence-corrected chi connectivity index (χ1v) is 7.09. The van der Waals surface area contributed by atoms with Crippen LogP contribution in [-0.4, -0.2) is 19.7 Å². The van der Waals surface area contributed by atoms with Gasteiger partial charge in [-0.05, 0) is 12.1 Å². The lowest BCUT2D eigenvalue weighted by molar-refractivity contribution is 0.602. The van der Waals surface area contributed by atoms with Crippen LogP contribution in [0.2, 0.25) is 0 Å². The summed E-state index contributed by atoms with van der Waals surface area (Å²) in [7, 11) is -3.14. The first kappa shape index (κ1) is 10.3. The Labute approximate surface area is 92.3 Å². The normalized spacial score (nSPS) is 11.5. The lowest BCUT2D eigenvalue weighted by Crippen LogP contribution is -1.96. The third-order valence-electron chi connectivity index (χ3n) is 1.99. The Balaban J connectivity index is 2.53. The summed E-state index contributed by atoms with van der Waals surface area (Å²) in [5.41, 5.74) is 3.37. The Morgan fingerprint density at radius 1 is 1.33 bits per heavy atom. The molecule has 3 nitrogen and oxygen atoms in total. The molecule has 0 saturated heterocycles. The van der Waals surface area contributed by atoms with E-state index in [0.717, 1.165) is 11.3 Å². The number of hydrogen-bond donors (Lipinski definition) is 0. The van der Waals surface area contributed by atoms with Gasteiger partial charge < -0.3 is 0 Å². The first-order valence-electron chi connectivity index (χ1n) is 4.26. The Kier molecular flexibility index (Phi) is 2.58. The van der Waals surface area contributed by atoms with Crippen LogP contribution < -0.4 is 0 Å². The number of thiazole rings is 1. The topological polar surface area (TPSA) is 47.0 Å². The number of rotatable bonds is 2. The number of nitrogens with zero attached hydrogens (tertiary/aromatic N) is 1. The zero-order valence-electron chi connectivity index (χ0n) is 8.04. The molecular formula is C10H9NO2S2. The largest absolute Gasteiger partial charge is 0.245 e. The van der Waals surface area contributed by atoms with Gasteiger partial charge in [-0.3, -0.25) is 0 Å². The molecule has 2 aromatic rings. The molecule has 0 N–H and O–H groups in total. The summed E-state index contributed by atoms with van der Waals surface area (Å²) in [6.07, 6.45) is 1.20. The van der Waals surface area contributed by atoms with E-state index in [4.69, 9.17) is 0 Å². The molecule has 0 spiro atoms. The number of aromatic nitrogens is 1. The van der Waals surface area contributed by atoms with Crippen LogP contribution >= 0.6 is 11.3 Å². The highest BCUT2D eigenvalue weighted by Crippen LogP contribution is 2.21. The summed E-state index contributed by atoms with van der Waals surface area (Å²) in [6, 6.07) is 6.81. The molecule has 15 heavy (non-hydrogen) atoms. The lowest BCUT2D eigenvalue weighted by Gasteiger charge is -2.00. The summed E-state index contributed by atoms with van der Waals surface area (Å²) < 4.78 is 22.7. The molecule has 1 heterocycles. The lowest BCUT2D eigenvalue weighted by atomic mass is 10.2. The van der Waals surface area contributed by atoms with Crippen LogP contribution in [0.25, 0.3) is 11.3 Å². The monoisotopic (exact) mass is 239 g/mol. The summed E-state index contributed by atoms with van der Waals surface area (Å²) >= 11 is 1.49. The second-order valence-corrected chi connectivity index (χ2v) is 5.91. The number of hydrogen-bond acceptors (Lipinski definition) is 4.